The van der Waals surface area contributed by atoms with Crippen molar-refractivity contribution in [3.63, 3.8) is 0 Å². The molecule has 0 aromatic heterocycles. The third-order valence-corrected chi connectivity index (χ3v) is 3.73. The summed E-state index contributed by atoms with van der Waals surface area (Å²) in [6, 6.07) is 14.8. The molecule has 0 saturated heterocycles. The molecule has 2 aromatic carbocycles. The van der Waals surface area contributed by atoms with Crippen LogP contribution in [0.15, 0.2) is 54.6 Å². The molecule has 0 aliphatic carbocycles. The predicted molar refractivity (Wildman–Crippen MR) is 97.4 cm³/mol. The van der Waals surface area contributed by atoms with Crippen molar-refractivity contribution in [3.8, 4) is 5.75 Å². The number of ether oxygens (including phenoxy) is 2. The lowest BCUT2D eigenvalue weighted by molar-refractivity contribution is -0.139. The third-order valence-electron chi connectivity index (χ3n) is 3.73. The van der Waals surface area contributed by atoms with Crippen molar-refractivity contribution in [2.24, 2.45) is 0 Å². The Morgan fingerprint density at radius 2 is 1.64 bits per heavy atom. The summed E-state index contributed by atoms with van der Waals surface area (Å²) < 4.78 is 9.85. The molecule has 2 rings (SSSR count). The monoisotopic (exact) mass is 338 g/mol. The quantitative estimate of drug-likeness (QED) is 0.451. The Morgan fingerprint density at radius 3 is 2.20 bits per heavy atom. The molecule has 0 aliphatic heterocycles. The van der Waals surface area contributed by atoms with Crippen molar-refractivity contribution in [2.75, 3.05) is 7.11 Å². The highest BCUT2D eigenvalue weighted by atomic mass is 16.5. The van der Waals surface area contributed by atoms with E-state index in [0.29, 0.717) is 11.7 Å². The van der Waals surface area contributed by atoms with Crippen molar-refractivity contribution in [1.29, 1.82) is 0 Å². The molecule has 0 heterocycles. The van der Waals surface area contributed by atoms with Crippen LogP contribution in [-0.4, -0.2) is 19.0 Å². The molecule has 0 spiro atoms. The third kappa shape index (κ3) is 5.92. The second-order valence-electron chi connectivity index (χ2n) is 5.97. The number of carbonyl (C=O) groups is 2. The highest BCUT2D eigenvalue weighted by Crippen LogP contribution is 2.16. The van der Waals surface area contributed by atoms with Crippen molar-refractivity contribution >= 4 is 18.0 Å². The summed E-state index contributed by atoms with van der Waals surface area (Å²) in [4.78, 5) is 23.1. The van der Waals surface area contributed by atoms with Gasteiger partial charge in [-0.3, -0.25) is 4.79 Å². The minimum atomic E-state index is -0.450. The van der Waals surface area contributed by atoms with E-state index in [-0.39, 0.29) is 12.4 Å². The second kappa shape index (κ2) is 8.83. The molecule has 4 heteroatoms. The Bertz CT molecular complexity index is 740. The number of carbonyl (C=O) groups excluding carboxylic acids is 2. The summed E-state index contributed by atoms with van der Waals surface area (Å²) in [5, 5.41) is 0. The van der Waals surface area contributed by atoms with Crippen molar-refractivity contribution < 1.29 is 19.1 Å². The van der Waals surface area contributed by atoms with Crippen molar-refractivity contribution in [1.82, 2.24) is 0 Å². The van der Waals surface area contributed by atoms with Crippen LogP contribution in [0.5, 0.6) is 5.75 Å². The zero-order valence-electron chi connectivity index (χ0n) is 14.7. The lowest BCUT2D eigenvalue weighted by Gasteiger charge is -2.05. The second-order valence-corrected chi connectivity index (χ2v) is 5.97. The number of rotatable bonds is 6. The Hall–Kier alpha value is -2.88. The Morgan fingerprint density at radius 1 is 1.00 bits per heavy atom. The molecule has 0 aliphatic rings. The van der Waals surface area contributed by atoms with Gasteiger partial charge < -0.3 is 9.47 Å². The fourth-order valence-electron chi connectivity index (χ4n) is 2.22. The van der Waals surface area contributed by atoms with Crippen LogP contribution in [0.2, 0.25) is 0 Å². The first kappa shape index (κ1) is 18.5. The maximum atomic E-state index is 11.9. The smallest absolute Gasteiger partial charge is 0.336 e. The number of benzene rings is 2. The Labute approximate surface area is 148 Å². The Kier molecular flexibility index (Phi) is 6.52. The molecule has 4 nitrogen and oxygen atoms in total. The first-order valence-corrected chi connectivity index (χ1v) is 8.13. The molecule has 0 atom stereocenters. The molecule has 0 bridgehead atoms. The number of methoxy groups -OCH3 is 1. The molecular weight excluding hydrogens is 316 g/mol. The standard InChI is InChI=1S/C21H22O4/c1-15(2)18-9-4-16(5-10-18)8-13-20(22)25-19-11-6-17(7-12-19)14-21(23)24-3/h4-13,15H,14H2,1-3H3/b13-8+. The number of hydrogen-bond acceptors (Lipinski definition) is 4. The Balaban J connectivity index is 1.92. The molecule has 0 fully saturated rings. The lowest BCUT2D eigenvalue weighted by Crippen LogP contribution is -2.05. The summed E-state index contributed by atoms with van der Waals surface area (Å²) in [6.07, 6.45) is 3.31. The SMILES string of the molecule is COC(=O)Cc1ccc(OC(=O)/C=C/c2ccc(C(C)C)cc2)cc1. The van der Waals surface area contributed by atoms with Crippen LogP contribution in [0.3, 0.4) is 0 Å². The fourth-order valence-corrected chi connectivity index (χ4v) is 2.22. The summed E-state index contributed by atoms with van der Waals surface area (Å²) >= 11 is 0. The van der Waals surface area contributed by atoms with Crippen LogP contribution in [0, 0.1) is 0 Å². The van der Waals surface area contributed by atoms with Crippen LogP contribution < -0.4 is 4.74 Å². The van der Waals surface area contributed by atoms with E-state index in [1.807, 2.05) is 12.1 Å². The molecule has 2 aromatic rings. The van der Waals surface area contributed by atoms with Gasteiger partial charge >= 0.3 is 11.9 Å². The maximum Gasteiger partial charge on any atom is 0.336 e. The molecule has 0 saturated carbocycles. The highest BCUT2D eigenvalue weighted by Gasteiger charge is 2.05. The van der Waals surface area contributed by atoms with E-state index in [1.54, 1.807) is 30.3 Å². The van der Waals surface area contributed by atoms with E-state index in [0.717, 1.165) is 11.1 Å². The molecule has 25 heavy (non-hydrogen) atoms. The largest absolute Gasteiger partial charge is 0.469 e. The van der Waals surface area contributed by atoms with Gasteiger partial charge in [0.25, 0.3) is 0 Å². The summed E-state index contributed by atoms with van der Waals surface area (Å²) in [5.74, 6) is 0.147. The van der Waals surface area contributed by atoms with E-state index < -0.39 is 5.97 Å². The summed E-state index contributed by atoms with van der Waals surface area (Å²) in [5.41, 5.74) is 2.99. The minimum absolute atomic E-state index is 0.191. The van der Waals surface area contributed by atoms with Gasteiger partial charge in [0.05, 0.1) is 13.5 Å². The van der Waals surface area contributed by atoms with Gasteiger partial charge in [0.1, 0.15) is 5.75 Å². The van der Waals surface area contributed by atoms with E-state index in [4.69, 9.17) is 4.74 Å². The summed E-state index contributed by atoms with van der Waals surface area (Å²) in [7, 11) is 1.35. The molecular formula is C21H22O4. The summed E-state index contributed by atoms with van der Waals surface area (Å²) in [6.45, 7) is 4.28. The van der Waals surface area contributed by atoms with Crippen molar-refractivity contribution in [2.45, 2.75) is 26.2 Å². The predicted octanol–water partition coefficient (Wildman–Crippen LogP) is 4.14. The van der Waals surface area contributed by atoms with E-state index in [1.165, 1.54) is 18.7 Å². The van der Waals surface area contributed by atoms with E-state index in [2.05, 4.69) is 30.7 Å². The van der Waals surface area contributed by atoms with E-state index >= 15 is 0 Å². The van der Waals surface area contributed by atoms with Gasteiger partial charge in [-0.15, -0.1) is 0 Å². The molecule has 130 valence electrons. The number of hydrogen-bond donors (Lipinski definition) is 0. The van der Waals surface area contributed by atoms with Crippen LogP contribution in [0.25, 0.3) is 6.08 Å². The lowest BCUT2D eigenvalue weighted by atomic mass is 10.0. The first-order chi connectivity index (χ1) is 12.0. The zero-order valence-corrected chi connectivity index (χ0v) is 14.7. The topological polar surface area (TPSA) is 52.6 Å². The van der Waals surface area contributed by atoms with Crippen LogP contribution >= 0.6 is 0 Å². The van der Waals surface area contributed by atoms with E-state index in [9.17, 15) is 9.59 Å². The molecule has 0 N–H and O–H groups in total. The highest BCUT2D eigenvalue weighted by molar-refractivity contribution is 5.88. The normalized spacial score (nSPS) is 10.9. The molecule has 0 unspecified atom stereocenters. The van der Waals surface area contributed by atoms with Gasteiger partial charge in [0, 0.05) is 6.08 Å². The van der Waals surface area contributed by atoms with Gasteiger partial charge in [-0.2, -0.15) is 0 Å². The van der Waals surface area contributed by atoms with Gasteiger partial charge in [-0.25, -0.2) is 4.79 Å². The average molecular weight is 338 g/mol. The maximum absolute atomic E-state index is 11.9. The van der Waals surface area contributed by atoms with Crippen LogP contribution in [-0.2, 0) is 20.7 Å². The zero-order chi connectivity index (χ0) is 18.2. The van der Waals surface area contributed by atoms with Gasteiger partial charge in [-0.1, -0.05) is 50.2 Å². The van der Waals surface area contributed by atoms with Crippen molar-refractivity contribution in [3.05, 3.63) is 71.3 Å². The van der Waals surface area contributed by atoms with Crippen LogP contribution in [0.4, 0.5) is 0 Å². The number of esters is 2. The van der Waals surface area contributed by atoms with Crippen LogP contribution in [0.1, 0.15) is 36.5 Å². The van der Waals surface area contributed by atoms with Gasteiger partial charge in [0.15, 0.2) is 0 Å². The fraction of sp³-hybridized carbons (Fsp3) is 0.238. The van der Waals surface area contributed by atoms with Gasteiger partial charge in [0.2, 0.25) is 0 Å². The average Bonchev–Trinajstić information content (AvgIpc) is 2.62. The first-order valence-electron chi connectivity index (χ1n) is 8.13. The minimum Gasteiger partial charge on any atom is -0.469 e. The molecule has 0 radical (unpaired) electrons. The molecule has 0 amide bonds. The van der Waals surface area contributed by atoms with Gasteiger partial charge in [-0.05, 0) is 40.8 Å².